The molecule has 5 nitrogen and oxygen atoms in total. The van der Waals surface area contributed by atoms with Crippen LogP contribution in [0.3, 0.4) is 0 Å². The average Bonchev–Trinajstić information content (AvgIpc) is 2.84. The fourth-order valence-corrected chi connectivity index (χ4v) is 5.55. The van der Waals surface area contributed by atoms with Gasteiger partial charge in [-0.3, -0.25) is 9.69 Å². The third kappa shape index (κ3) is 5.46. The molecule has 0 N–H and O–H groups in total. The number of halogens is 1. The Labute approximate surface area is 215 Å². The Morgan fingerprint density at radius 3 is 2.54 bits per heavy atom. The van der Waals surface area contributed by atoms with E-state index in [0.29, 0.717) is 17.1 Å². The van der Waals surface area contributed by atoms with Gasteiger partial charge >= 0.3 is 0 Å². The molecule has 0 aromatic heterocycles. The summed E-state index contributed by atoms with van der Waals surface area (Å²) in [7, 11) is 1.66. The molecule has 6 heteroatoms. The van der Waals surface area contributed by atoms with E-state index in [1.54, 1.807) is 7.11 Å². The van der Waals surface area contributed by atoms with Crippen molar-refractivity contribution in [2.24, 2.45) is 5.41 Å². The lowest BCUT2D eigenvalue weighted by Crippen LogP contribution is -2.56. The fourth-order valence-electron chi connectivity index (χ4n) is 5.36. The fraction of sp³-hybridized carbons (Fsp3) is 0.552. The molecule has 2 heterocycles. The molecule has 0 saturated carbocycles. The van der Waals surface area contributed by atoms with E-state index >= 15 is 0 Å². The van der Waals surface area contributed by atoms with Crippen LogP contribution in [0.5, 0.6) is 11.5 Å². The lowest BCUT2D eigenvalue weighted by molar-refractivity contribution is -0.128. The average molecular weight is 499 g/mol. The van der Waals surface area contributed by atoms with Gasteiger partial charge in [-0.2, -0.15) is 0 Å². The van der Waals surface area contributed by atoms with Crippen molar-refractivity contribution in [3.05, 3.63) is 52.0 Å². The number of carbonyl (C=O) groups is 1. The first kappa shape index (κ1) is 25.8. The summed E-state index contributed by atoms with van der Waals surface area (Å²) in [6, 6.07) is 11.3. The molecular weight excluding hydrogens is 460 g/mol. The summed E-state index contributed by atoms with van der Waals surface area (Å²) in [5.74, 6) is 1.66. The molecule has 4 rings (SSSR count). The summed E-state index contributed by atoms with van der Waals surface area (Å²) in [6.07, 6.45) is 3.61. The van der Waals surface area contributed by atoms with Crippen molar-refractivity contribution in [1.29, 1.82) is 0 Å². The highest BCUT2D eigenvalue weighted by atomic mass is 35.5. The van der Waals surface area contributed by atoms with Gasteiger partial charge in [0.25, 0.3) is 0 Å². The molecule has 0 aliphatic carbocycles. The van der Waals surface area contributed by atoms with Gasteiger partial charge in [-0.15, -0.1) is 0 Å². The summed E-state index contributed by atoms with van der Waals surface area (Å²) in [6.45, 7) is 13.2. The normalized spacial score (nSPS) is 20.9. The second-order valence-corrected chi connectivity index (χ2v) is 11.4. The number of benzene rings is 2. The monoisotopic (exact) mass is 498 g/mol. The zero-order chi connectivity index (χ0) is 25.3. The maximum Gasteiger partial charge on any atom is 0.175 e. The topological polar surface area (TPSA) is 42.0 Å². The molecule has 0 radical (unpaired) electrons. The Morgan fingerprint density at radius 2 is 1.83 bits per heavy atom. The van der Waals surface area contributed by atoms with Crippen LogP contribution in [0.25, 0.3) is 0 Å². The quantitative estimate of drug-likeness (QED) is 0.462. The molecule has 1 unspecified atom stereocenters. The highest BCUT2D eigenvalue weighted by Crippen LogP contribution is 2.40. The molecule has 2 aromatic rings. The maximum absolute atomic E-state index is 12.3. The Kier molecular flexibility index (Phi) is 7.68. The van der Waals surface area contributed by atoms with E-state index in [2.05, 4.69) is 47.9 Å². The first-order valence-corrected chi connectivity index (χ1v) is 13.1. The van der Waals surface area contributed by atoms with E-state index in [9.17, 15) is 4.79 Å². The minimum Gasteiger partial charge on any atom is -0.495 e. The first-order chi connectivity index (χ1) is 16.6. The van der Waals surface area contributed by atoms with E-state index in [1.807, 2.05) is 26.8 Å². The van der Waals surface area contributed by atoms with E-state index < -0.39 is 0 Å². The molecule has 0 spiro atoms. The number of hydrogen-bond acceptors (Lipinski definition) is 5. The van der Waals surface area contributed by atoms with Crippen LogP contribution >= 0.6 is 11.6 Å². The number of carbonyl (C=O) groups excluding carboxylic acids is 1. The van der Waals surface area contributed by atoms with Gasteiger partial charge in [0.05, 0.1) is 12.1 Å². The van der Waals surface area contributed by atoms with Crippen LogP contribution in [-0.4, -0.2) is 50.1 Å². The molecule has 190 valence electrons. The molecule has 2 aromatic carbocycles. The Hall–Kier alpha value is -2.24. The van der Waals surface area contributed by atoms with Crippen molar-refractivity contribution in [2.45, 2.75) is 66.0 Å². The third-order valence-corrected chi connectivity index (χ3v) is 8.09. The Balaban J connectivity index is 1.49. The number of ether oxygens (including phenoxy) is 2. The number of fused-ring (bicyclic) bond motifs is 1. The zero-order valence-electron chi connectivity index (χ0n) is 22.0. The molecule has 2 aliphatic rings. The van der Waals surface area contributed by atoms with Gasteiger partial charge < -0.3 is 14.4 Å². The van der Waals surface area contributed by atoms with E-state index in [0.717, 1.165) is 36.7 Å². The summed E-state index contributed by atoms with van der Waals surface area (Å²) < 4.78 is 11.4. The molecule has 0 bridgehead atoms. The van der Waals surface area contributed by atoms with E-state index in [-0.39, 0.29) is 17.8 Å². The standard InChI is InChI=1S/C29H39ClN2O3/c1-19-20(2)26(35-18-28(33)29(3,4)5)13-11-23(19)25-9-7-8-22-17-31(14-15-32(22)25)21-10-12-24(30)27(16-21)34-6/h10-13,16,22,25H,7-9,14-15,17-18H2,1-6H3/t22?,25-/m1/s1. The second-order valence-electron chi connectivity index (χ2n) is 11.0. The third-order valence-electron chi connectivity index (χ3n) is 7.78. The first-order valence-electron chi connectivity index (χ1n) is 12.7. The van der Waals surface area contributed by atoms with Crippen molar-refractivity contribution >= 4 is 23.1 Å². The summed E-state index contributed by atoms with van der Waals surface area (Å²) in [5.41, 5.74) is 4.59. The minimum atomic E-state index is -0.390. The number of nitrogens with zero attached hydrogens (tertiary/aromatic N) is 2. The number of Topliss-reactive ketones (excluding diaryl/α,β-unsaturated/α-hetero) is 1. The van der Waals surface area contributed by atoms with Crippen molar-refractivity contribution in [1.82, 2.24) is 4.90 Å². The number of anilines is 1. The number of ketones is 1. The number of piperidine rings is 1. The van der Waals surface area contributed by atoms with Gasteiger partial charge in [-0.1, -0.05) is 38.4 Å². The molecule has 35 heavy (non-hydrogen) atoms. The second kappa shape index (κ2) is 10.4. The van der Waals surface area contributed by atoms with E-state index in [1.165, 1.54) is 36.1 Å². The highest BCUT2D eigenvalue weighted by molar-refractivity contribution is 6.32. The van der Waals surface area contributed by atoms with Crippen LogP contribution in [0.15, 0.2) is 30.3 Å². The molecule has 2 saturated heterocycles. The largest absolute Gasteiger partial charge is 0.495 e. The summed E-state index contributed by atoms with van der Waals surface area (Å²) >= 11 is 6.25. The molecule has 2 fully saturated rings. The van der Waals surface area contributed by atoms with Crippen LogP contribution in [0.1, 0.15) is 62.8 Å². The van der Waals surface area contributed by atoms with Crippen LogP contribution in [-0.2, 0) is 4.79 Å². The van der Waals surface area contributed by atoms with Crippen molar-refractivity contribution < 1.29 is 14.3 Å². The predicted octanol–water partition coefficient (Wildman–Crippen LogP) is 6.38. The lowest BCUT2D eigenvalue weighted by Gasteiger charge is -2.49. The van der Waals surface area contributed by atoms with Crippen LogP contribution < -0.4 is 14.4 Å². The maximum atomic E-state index is 12.3. The molecule has 2 atom stereocenters. The molecular formula is C29H39ClN2O3. The molecule has 0 amide bonds. The van der Waals surface area contributed by atoms with Gasteiger partial charge in [-0.05, 0) is 68.0 Å². The number of rotatable bonds is 6. The smallest absolute Gasteiger partial charge is 0.175 e. The number of hydrogen-bond donors (Lipinski definition) is 0. The molecule has 2 aliphatic heterocycles. The summed E-state index contributed by atoms with van der Waals surface area (Å²) in [5, 5.41) is 0.647. The van der Waals surface area contributed by atoms with Crippen LogP contribution in [0, 0.1) is 19.3 Å². The van der Waals surface area contributed by atoms with Crippen molar-refractivity contribution in [2.75, 3.05) is 38.3 Å². The SMILES string of the molecule is COc1cc(N2CCN3C(CCC[C@@H]3c3ccc(OCC(=O)C(C)(C)C)c(C)c3C)C2)ccc1Cl. The Morgan fingerprint density at radius 1 is 1.06 bits per heavy atom. The number of piperazine rings is 1. The van der Waals surface area contributed by atoms with Crippen LogP contribution in [0.4, 0.5) is 5.69 Å². The van der Waals surface area contributed by atoms with Gasteiger partial charge in [0.1, 0.15) is 18.1 Å². The van der Waals surface area contributed by atoms with Gasteiger partial charge in [0, 0.05) is 48.9 Å². The lowest BCUT2D eigenvalue weighted by atomic mass is 9.86. The summed E-state index contributed by atoms with van der Waals surface area (Å²) in [4.78, 5) is 17.5. The minimum absolute atomic E-state index is 0.116. The van der Waals surface area contributed by atoms with E-state index in [4.69, 9.17) is 21.1 Å². The van der Waals surface area contributed by atoms with Gasteiger partial charge in [0.15, 0.2) is 5.78 Å². The van der Waals surface area contributed by atoms with Crippen LogP contribution in [0.2, 0.25) is 5.02 Å². The van der Waals surface area contributed by atoms with Gasteiger partial charge in [-0.25, -0.2) is 0 Å². The van der Waals surface area contributed by atoms with Crippen molar-refractivity contribution in [3.63, 3.8) is 0 Å². The predicted molar refractivity (Wildman–Crippen MR) is 143 cm³/mol. The van der Waals surface area contributed by atoms with Gasteiger partial charge in [0.2, 0.25) is 0 Å². The number of methoxy groups -OCH3 is 1. The highest BCUT2D eigenvalue weighted by Gasteiger charge is 2.36. The zero-order valence-corrected chi connectivity index (χ0v) is 22.7. The Bertz CT molecular complexity index is 1080. The van der Waals surface area contributed by atoms with Crippen molar-refractivity contribution in [3.8, 4) is 11.5 Å².